The number of hydrogen-bond donors (Lipinski definition) is 2. The van der Waals surface area contributed by atoms with Gasteiger partial charge in [0.2, 0.25) is 0 Å². The topological polar surface area (TPSA) is 68.0 Å². The number of nitrogens with two attached hydrogens (primary N) is 1. The van der Waals surface area contributed by atoms with Gasteiger partial charge in [0.15, 0.2) is 0 Å². The summed E-state index contributed by atoms with van der Waals surface area (Å²) in [6.45, 7) is 6.66. The molecule has 1 amide bonds. The summed E-state index contributed by atoms with van der Waals surface area (Å²) in [5.74, 6) is 0.247. The van der Waals surface area contributed by atoms with Crippen LogP contribution < -0.4 is 11.1 Å². The molecule has 0 aliphatic heterocycles. The Morgan fingerprint density at radius 1 is 1.40 bits per heavy atom. The molecule has 0 unspecified atom stereocenters. The number of nitrogens with one attached hydrogen (secondary N) is 1. The Morgan fingerprint density at radius 3 is 2.75 bits per heavy atom. The zero-order chi connectivity index (χ0) is 14.8. The molecule has 106 valence electrons. The zero-order valence-corrected chi connectivity index (χ0v) is 12.8. The summed E-state index contributed by atoms with van der Waals surface area (Å²) in [5.41, 5.74) is 7.03. The van der Waals surface area contributed by atoms with E-state index in [1.54, 1.807) is 23.5 Å². The number of carbonyl (C=O) groups excluding carboxylic acids is 1. The van der Waals surface area contributed by atoms with Crippen molar-refractivity contribution in [2.45, 2.75) is 32.7 Å². The van der Waals surface area contributed by atoms with Gasteiger partial charge in [0, 0.05) is 21.5 Å². The van der Waals surface area contributed by atoms with E-state index in [1.807, 2.05) is 38.3 Å². The van der Waals surface area contributed by atoms with Crippen molar-refractivity contribution in [3.8, 4) is 0 Å². The third kappa shape index (κ3) is 3.57. The third-order valence-corrected chi connectivity index (χ3v) is 3.76. The van der Waals surface area contributed by atoms with E-state index in [4.69, 9.17) is 5.73 Å². The molecule has 5 heteroatoms. The first-order chi connectivity index (χ1) is 9.36. The van der Waals surface area contributed by atoms with Gasteiger partial charge in [0.05, 0.1) is 6.54 Å². The van der Waals surface area contributed by atoms with Gasteiger partial charge < -0.3 is 11.1 Å². The molecule has 0 radical (unpaired) electrons. The van der Waals surface area contributed by atoms with Crippen LogP contribution in [0.2, 0.25) is 0 Å². The molecule has 4 nitrogen and oxygen atoms in total. The number of rotatable bonds is 3. The summed E-state index contributed by atoms with van der Waals surface area (Å²) in [6.07, 6.45) is 0. The van der Waals surface area contributed by atoms with Crippen LogP contribution in [0, 0.1) is 0 Å². The molecule has 2 aromatic rings. The average molecular weight is 289 g/mol. The monoisotopic (exact) mass is 289 g/mol. The molecule has 2 heterocycles. The maximum Gasteiger partial charge on any atom is 0.251 e. The number of anilines is 1. The van der Waals surface area contributed by atoms with E-state index >= 15 is 0 Å². The van der Waals surface area contributed by atoms with Crippen molar-refractivity contribution in [3.05, 3.63) is 45.8 Å². The lowest BCUT2D eigenvalue weighted by molar-refractivity contribution is 0.0951. The second-order valence-electron chi connectivity index (χ2n) is 5.68. The minimum absolute atomic E-state index is 0.127. The van der Waals surface area contributed by atoms with Gasteiger partial charge in [-0.3, -0.25) is 4.79 Å². The molecular formula is C15H19N3OS. The molecule has 0 atom stereocenters. The Kier molecular flexibility index (Phi) is 4.09. The molecule has 2 rings (SSSR count). The Morgan fingerprint density at radius 2 is 2.15 bits per heavy atom. The van der Waals surface area contributed by atoms with Gasteiger partial charge in [-0.25, -0.2) is 4.98 Å². The molecule has 0 bridgehead atoms. The SMILES string of the molecule is CC(C)(C)c1cc(C(=O)NCc2cccs2)cc(N)n1. The number of nitrogen functional groups attached to an aromatic ring is 1. The van der Waals surface area contributed by atoms with Crippen LogP contribution in [0.3, 0.4) is 0 Å². The number of thiophene rings is 1. The minimum atomic E-state index is -0.141. The Bertz CT molecular complexity index is 600. The number of carbonyl (C=O) groups is 1. The van der Waals surface area contributed by atoms with E-state index in [0.29, 0.717) is 17.9 Å². The van der Waals surface area contributed by atoms with Gasteiger partial charge in [-0.1, -0.05) is 26.8 Å². The fourth-order valence-corrected chi connectivity index (χ4v) is 2.39. The predicted octanol–water partition coefficient (Wildman–Crippen LogP) is 2.95. The molecule has 3 N–H and O–H groups in total. The lowest BCUT2D eigenvalue weighted by Gasteiger charge is -2.19. The summed E-state index contributed by atoms with van der Waals surface area (Å²) in [7, 11) is 0. The van der Waals surface area contributed by atoms with Gasteiger partial charge in [-0.2, -0.15) is 0 Å². The first kappa shape index (κ1) is 14.5. The highest BCUT2D eigenvalue weighted by molar-refractivity contribution is 7.09. The van der Waals surface area contributed by atoms with E-state index in [0.717, 1.165) is 10.6 Å². The minimum Gasteiger partial charge on any atom is -0.384 e. The van der Waals surface area contributed by atoms with E-state index in [9.17, 15) is 4.79 Å². The predicted molar refractivity (Wildman–Crippen MR) is 82.8 cm³/mol. The Labute approximate surface area is 123 Å². The highest BCUT2D eigenvalue weighted by Crippen LogP contribution is 2.22. The molecule has 0 fully saturated rings. The number of pyridine rings is 1. The van der Waals surface area contributed by atoms with Crippen LogP contribution in [0.5, 0.6) is 0 Å². The normalized spacial score (nSPS) is 11.3. The Hall–Kier alpha value is -1.88. The lowest BCUT2D eigenvalue weighted by Crippen LogP contribution is -2.24. The first-order valence-electron chi connectivity index (χ1n) is 6.45. The molecule has 0 saturated heterocycles. The van der Waals surface area contributed by atoms with Gasteiger partial charge in [-0.15, -0.1) is 11.3 Å². The van der Waals surface area contributed by atoms with E-state index < -0.39 is 0 Å². The second-order valence-corrected chi connectivity index (χ2v) is 6.71. The standard InChI is InChI=1S/C15H19N3OS/c1-15(2,3)12-7-10(8-13(16)18-12)14(19)17-9-11-5-4-6-20-11/h4-8H,9H2,1-3H3,(H2,16,18)(H,17,19). The van der Waals surface area contributed by atoms with E-state index in [1.165, 1.54) is 0 Å². The van der Waals surface area contributed by atoms with Gasteiger partial charge in [0.25, 0.3) is 5.91 Å². The van der Waals surface area contributed by atoms with Crippen molar-refractivity contribution >= 4 is 23.1 Å². The number of nitrogens with zero attached hydrogens (tertiary/aromatic N) is 1. The van der Waals surface area contributed by atoms with E-state index in [2.05, 4.69) is 10.3 Å². The van der Waals surface area contributed by atoms with Crippen molar-refractivity contribution in [2.75, 3.05) is 5.73 Å². The zero-order valence-electron chi connectivity index (χ0n) is 11.9. The number of hydrogen-bond acceptors (Lipinski definition) is 4. The van der Waals surface area contributed by atoms with E-state index in [-0.39, 0.29) is 11.3 Å². The van der Waals surface area contributed by atoms with Crippen molar-refractivity contribution in [1.82, 2.24) is 10.3 Å². The molecule has 0 aliphatic rings. The second kappa shape index (κ2) is 5.63. The molecule has 2 aromatic heterocycles. The third-order valence-electron chi connectivity index (χ3n) is 2.88. The highest BCUT2D eigenvalue weighted by atomic mass is 32.1. The van der Waals surface area contributed by atoms with Crippen LogP contribution in [0.25, 0.3) is 0 Å². The molecular weight excluding hydrogens is 270 g/mol. The average Bonchev–Trinajstić information content (AvgIpc) is 2.87. The lowest BCUT2D eigenvalue weighted by atomic mass is 9.90. The van der Waals surface area contributed by atoms with Crippen LogP contribution in [-0.4, -0.2) is 10.9 Å². The number of aromatic nitrogens is 1. The summed E-state index contributed by atoms with van der Waals surface area (Å²) < 4.78 is 0. The molecule has 0 spiro atoms. The van der Waals surface area contributed by atoms with Crippen LogP contribution in [-0.2, 0) is 12.0 Å². The van der Waals surface area contributed by atoms with Crippen molar-refractivity contribution in [2.24, 2.45) is 0 Å². The smallest absolute Gasteiger partial charge is 0.251 e. The quantitative estimate of drug-likeness (QED) is 0.912. The highest BCUT2D eigenvalue weighted by Gasteiger charge is 2.18. The Balaban J connectivity index is 2.15. The summed E-state index contributed by atoms with van der Waals surface area (Å²) in [4.78, 5) is 17.6. The van der Waals surface area contributed by atoms with Crippen molar-refractivity contribution in [1.29, 1.82) is 0 Å². The fourth-order valence-electron chi connectivity index (χ4n) is 1.75. The van der Waals surface area contributed by atoms with Crippen molar-refractivity contribution < 1.29 is 4.79 Å². The fraction of sp³-hybridized carbons (Fsp3) is 0.333. The summed E-state index contributed by atoms with van der Waals surface area (Å²) >= 11 is 1.62. The van der Waals surface area contributed by atoms with Crippen LogP contribution in [0.1, 0.15) is 41.7 Å². The number of amides is 1. The maximum absolute atomic E-state index is 12.2. The van der Waals surface area contributed by atoms with Crippen molar-refractivity contribution in [3.63, 3.8) is 0 Å². The van der Waals surface area contributed by atoms with Crippen LogP contribution in [0.15, 0.2) is 29.6 Å². The largest absolute Gasteiger partial charge is 0.384 e. The maximum atomic E-state index is 12.2. The molecule has 0 aromatic carbocycles. The molecule has 0 aliphatic carbocycles. The molecule has 20 heavy (non-hydrogen) atoms. The molecule has 0 saturated carbocycles. The summed E-state index contributed by atoms with van der Waals surface area (Å²) in [6, 6.07) is 7.37. The first-order valence-corrected chi connectivity index (χ1v) is 7.33. The van der Waals surface area contributed by atoms with Gasteiger partial charge >= 0.3 is 0 Å². The van der Waals surface area contributed by atoms with Crippen LogP contribution in [0.4, 0.5) is 5.82 Å². The summed E-state index contributed by atoms with van der Waals surface area (Å²) in [5, 5.41) is 4.89. The van der Waals surface area contributed by atoms with Gasteiger partial charge in [0.1, 0.15) is 5.82 Å². The van der Waals surface area contributed by atoms with Crippen LogP contribution >= 0.6 is 11.3 Å². The van der Waals surface area contributed by atoms with Gasteiger partial charge in [-0.05, 0) is 23.6 Å².